The SMILES string of the molecule is CC(CCN(C(=O)OCc1ccccc1)/C(N)=N/C(=O)OCc1ccccc1)c1ccccc1. The Bertz CT molecular complexity index is 1070. The summed E-state index contributed by atoms with van der Waals surface area (Å²) < 4.78 is 10.6. The van der Waals surface area contributed by atoms with Gasteiger partial charge in [0.1, 0.15) is 13.2 Å². The Morgan fingerprint density at radius 3 is 1.88 bits per heavy atom. The lowest BCUT2D eigenvalue weighted by molar-refractivity contribution is 0.114. The van der Waals surface area contributed by atoms with Crippen molar-refractivity contribution in [3.63, 3.8) is 0 Å². The molecule has 2 amide bonds. The maximum Gasteiger partial charge on any atom is 0.437 e. The van der Waals surface area contributed by atoms with Crippen LogP contribution in [-0.2, 0) is 22.7 Å². The van der Waals surface area contributed by atoms with E-state index in [0.29, 0.717) is 6.42 Å². The largest absolute Gasteiger partial charge is 0.444 e. The van der Waals surface area contributed by atoms with Gasteiger partial charge in [0.2, 0.25) is 5.96 Å². The summed E-state index contributed by atoms with van der Waals surface area (Å²) in [4.78, 5) is 30.0. The van der Waals surface area contributed by atoms with Crippen molar-refractivity contribution in [2.24, 2.45) is 10.7 Å². The molecule has 0 aliphatic heterocycles. The van der Waals surface area contributed by atoms with Crippen LogP contribution in [0.3, 0.4) is 0 Å². The van der Waals surface area contributed by atoms with Crippen molar-refractivity contribution in [3.8, 4) is 0 Å². The molecule has 1 unspecified atom stereocenters. The summed E-state index contributed by atoms with van der Waals surface area (Å²) in [6.45, 7) is 2.42. The lowest BCUT2D eigenvalue weighted by Gasteiger charge is -2.23. The third-order valence-corrected chi connectivity index (χ3v) is 5.27. The molecule has 0 heterocycles. The van der Waals surface area contributed by atoms with E-state index in [2.05, 4.69) is 11.9 Å². The number of hydrogen-bond acceptors (Lipinski definition) is 4. The summed E-state index contributed by atoms with van der Waals surface area (Å²) in [6, 6.07) is 28.5. The first-order chi connectivity index (χ1) is 16.5. The Morgan fingerprint density at radius 2 is 1.32 bits per heavy atom. The molecular weight excluding hydrogens is 430 g/mol. The van der Waals surface area contributed by atoms with E-state index in [1.54, 1.807) is 0 Å². The van der Waals surface area contributed by atoms with E-state index >= 15 is 0 Å². The first kappa shape index (κ1) is 24.5. The van der Waals surface area contributed by atoms with Crippen molar-refractivity contribution in [2.45, 2.75) is 32.5 Å². The molecule has 0 aliphatic rings. The molecule has 0 aliphatic carbocycles. The Hall–Kier alpha value is -4.13. The molecule has 0 saturated carbocycles. The number of rotatable bonds is 8. The number of guanidine groups is 1. The third kappa shape index (κ3) is 7.78. The normalized spacial score (nSPS) is 12.0. The van der Waals surface area contributed by atoms with Gasteiger partial charge in [-0.1, -0.05) is 97.9 Å². The van der Waals surface area contributed by atoms with Crippen LogP contribution in [0.4, 0.5) is 9.59 Å². The monoisotopic (exact) mass is 459 g/mol. The van der Waals surface area contributed by atoms with Gasteiger partial charge in [-0.25, -0.2) is 14.5 Å². The van der Waals surface area contributed by atoms with Crippen LogP contribution in [0.2, 0.25) is 0 Å². The highest BCUT2D eigenvalue weighted by Gasteiger charge is 2.22. The van der Waals surface area contributed by atoms with E-state index < -0.39 is 12.2 Å². The van der Waals surface area contributed by atoms with Crippen molar-refractivity contribution < 1.29 is 19.1 Å². The number of amides is 2. The number of nitrogens with two attached hydrogens (primary N) is 1. The first-order valence-electron chi connectivity index (χ1n) is 11.1. The number of hydrogen-bond donors (Lipinski definition) is 1. The number of carbonyl (C=O) groups excluding carboxylic acids is 2. The van der Waals surface area contributed by atoms with Gasteiger partial charge >= 0.3 is 12.2 Å². The van der Waals surface area contributed by atoms with E-state index in [9.17, 15) is 9.59 Å². The van der Waals surface area contributed by atoms with Gasteiger partial charge < -0.3 is 15.2 Å². The van der Waals surface area contributed by atoms with Gasteiger partial charge in [-0.15, -0.1) is 4.99 Å². The molecule has 7 nitrogen and oxygen atoms in total. The average molecular weight is 460 g/mol. The minimum absolute atomic E-state index is 0.0555. The summed E-state index contributed by atoms with van der Waals surface area (Å²) in [7, 11) is 0. The van der Waals surface area contributed by atoms with Crippen molar-refractivity contribution >= 4 is 18.1 Å². The molecule has 0 radical (unpaired) electrons. The van der Waals surface area contributed by atoms with Crippen molar-refractivity contribution in [3.05, 3.63) is 108 Å². The van der Waals surface area contributed by atoms with Crippen LogP contribution in [0.15, 0.2) is 96.0 Å². The van der Waals surface area contributed by atoms with Crippen LogP contribution >= 0.6 is 0 Å². The number of aliphatic imine (C=N–C) groups is 1. The first-order valence-corrected chi connectivity index (χ1v) is 11.1. The molecule has 7 heteroatoms. The van der Waals surface area contributed by atoms with Crippen LogP contribution in [0.5, 0.6) is 0 Å². The highest BCUT2D eigenvalue weighted by atomic mass is 16.6. The molecule has 0 fully saturated rings. The van der Waals surface area contributed by atoms with Crippen LogP contribution in [0.25, 0.3) is 0 Å². The van der Waals surface area contributed by atoms with Crippen LogP contribution < -0.4 is 5.73 Å². The van der Waals surface area contributed by atoms with Gasteiger partial charge in [0.15, 0.2) is 0 Å². The zero-order valence-corrected chi connectivity index (χ0v) is 19.2. The predicted molar refractivity (Wildman–Crippen MR) is 131 cm³/mol. The molecule has 34 heavy (non-hydrogen) atoms. The fourth-order valence-electron chi connectivity index (χ4n) is 3.27. The topological polar surface area (TPSA) is 94.2 Å². The number of carbonyl (C=O) groups is 2. The number of nitrogens with zero attached hydrogens (tertiary/aromatic N) is 2. The number of ether oxygens (including phenoxy) is 2. The van der Waals surface area contributed by atoms with Crippen LogP contribution in [-0.4, -0.2) is 29.6 Å². The second-order valence-electron chi connectivity index (χ2n) is 7.80. The summed E-state index contributed by atoms with van der Waals surface area (Å²) >= 11 is 0. The molecule has 2 N–H and O–H groups in total. The zero-order valence-electron chi connectivity index (χ0n) is 19.2. The summed E-state index contributed by atoms with van der Waals surface area (Å²) in [5.41, 5.74) is 8.85. The van der Waals surface area contributed by atoms with E-state index in [1.807, 2.05) is 91.0 Å². The van der Waals surface area contributed by atoms with Gasteiger partial charge in [-0.3, -0.25) is 0 Å². The smallest absolute Gasteiger partial charge is 0.437 e. The van der Waals surface area contributed by atoms with Crippen molar-refractivity contribution in [1.29, 1.82) is 0 Å². The third-order valence-electron chi connectivity index (χ3n) is 5.27. The fourth-order valence-corrected chi connectivity index (χ4v) is 3.27. The molecule has 3 aromatic rings. The summed E-state index contributed by atoms with van der Waals surface area (Å²) in [5, 5.41) is 0. The van der Waals surface area contributed by atoms with E-state index in [-0.39, 0.29) is 31.6 Å². The standard InChI is InChI=1S/C27H29N3O4/c1-21(24-15-9-4-10-16-24)17-18-30(27(32)34-20-23-13-7-3-8-14-23)25(28)29-26(31)33-19-22-11-5-2-6-12-22/h2-16,21H,17-20H2,1H3,(H2,28,29,31). The zero-order chi connectivity index (χ0) is 24.2. The fraction of sp³-hybridized carbons (Fsp3) is 0.222. The predicted octanol–water partition coefficient (Wildman–Crippen LogP) is 5.47. The Morgan fingerprint density at radius 1 is 0.824 bits per heavy atom. The molecule has 3 aromatic carbocycles. The van der Waals surface area contributed by atoms with Crippen LogP contribution in [0, 0.1) is 0 Å². The van der Waals surface area contributed by atoms with Crippen molar-refractivity contribution in [2.75, 3.05) is 6.54 Å². The van der Waals surface area contributed by atoms with E-state index in [1.165, 1.54) is 4.90 Å². The minimum Gasteiger partial charge on any atom is -0.444 e. The van der Waals surface area contributed by atoms with Gasteiger partial charge in [0.05, 0.1) is 0 Å². The number of benzene rings is 3. The average Bonchev–Trinajstić information content (AvgIpc) is 2.88. The lowest BCUT2D eigenvalue weighted by Crippen LogP contribution is -2.43. The molecule has 0 saturated heterocycles. The van der Waals surface area contributed by atoms with E-state index in [0.717, 1.165) is 16.7 Å². The second kappa shape index (κ2) is 12.8. The van der Waals surface area contributed by atoms with Gasteiger partial charge in [-0.2, -0.15) is 0 Å². The molecule has 3 rings (SSSR count). The molecule has 176 valence electrons. The molecule has 1 atom stereocenters. The Balaban J connectivity index is 1.66. The lowest BCUT2D eigenvalue weighted by atomic mass is 9.98. The second-order valence-corrected chi connectivity index (χ2v) is 7.80. The summed E-state index contributed by atoms with van der Waals surface area (Å²) in [6.07, 6.45) is -0.959. The highest BCUT2D eigenvalue weighted by Crippen LogP contribution is 2.19. The Labute approximate surface area is 199 Å². The van der Waals surface area contributed by atoms with Gasteiger partial charge in [0, 0.05) is 6.54 Å². The molecule has 0 spiro atoms. The maximum atomic E-state index is 12.9. The summed E-state index contributed by atoms with van der Waals surface area (Å²) in [5.74, 6) is -0.111. The Kier molecular flexibility index (Phi) is 9.22. The quantitative estimate of drug-likeness (QED) is 0.356. The van der Waals surface area contributed by atoms with Crippen molar-refractivity contribution in [1.82, 2.24) is 4.90 Å². The molecular formula is C27H29N3O4. The minimum atomic E-state index is -0.877. The molecule has 0 aromatic heterocycles. The highest BCUT2D eigenvalue weighted by molar-refractivity contribution is 5.97. The maximum absolute atomic E-state index is 12.9. The van der Waals surface area contributed by atoms with E-state index in [4.69, 9.17) is 15.2 Å². The van der Waals surface area contributed by atoms with Gasteiger partial charge in [0.25, 0.3) is 0 Å². The van der Waals surface area contributed by atoms with Crippen LogP contribution in [0.1, 0.15) is 36.0 Å². The van der Waals surface area contributed by atoms with Gasteiger partial charge in [-0.05, 0) is 29.0 Å². The molecule has 0 bridgehead atoms.